The Morgan fingerprint density at radius 2 is 1.21 bits per heavy atom. The lowest BCUT2D eigenvalue weighted by molar-refractivity contribution is -0.870. The molecule has 0 aromatic carbocycles. The molecule has 12 nitrogen and oxygen atoms in total. The van der Waals surface area contributed by atoms with E-state index in [0.717, 1.165) is 57.8 Å². The smallest absolute Gasteiger partial charge is 0.306 e. The third kappa shape index (κ3) is 40.4. The van der Waals surface area contributed by atoms with Gasteiger partial charge in [-0.2, -0.15) is 0 Å². The lowest BCUT2D eigenvalue weighted by Crippen LogP contribution is -2.37. The maximum absolute atomic E-state index is 12.7. The molecule has 61 heavy (non-hydrogen) atoms. The molecular weight excluding hydrogens is 797 g/mol. The van der Waals surface area contributed by atoms with Crippen LogP contribution >= 0.6 is 7.82 Å². The van der Waals surface area contributed by atoms with Gasteiger partial charge in [-0.3, -0.25) is 14.2 Å². The van der Waals surface area contributed by atoms with Crippen LogP contribution in [0.5, 0.6) is 0 Å². The maximum atomic E-state index is 12.7. The number of phosphoric ester groups is 1. The Hall–Kier alpha value is -3.45. The minimum atomic E-state index is -4.73. The van der Waals surface area contributed by atoms with Gasteiger partial charge in [-0.05, 0) is 64.2 Å². The highest BCUT2D eigenvalue weighted by Crippen LogP contribution is 2.38. The van der Waals surface area contributed by atoms with Crippen LogP contribution < -0.4 is 4.89 Å². The van der Waals surface area contributed by atoms with Crippen LogP contribution in [0.3, 0.4) is 0 Å². The second-order valence-corrected chi connectivity index (χ2v) is 16.9. The Labute approximate surface area is 367 Å². The molecule has 0 aromatic heterocycles. The number of allylic oxidation sites excluding steroid dienone is 16. The van der Waals surface area contributed by atoms with Crippen LogP contribution in [0.15, 0.2) is 109 Å². The number of phosphoric acid groups is 1. The molecule has 0 amide bonds. The predicted octanol–water partition coefficient (Wildman–Crippen LogP) is 8.63. The molecular formula is C48H78NO11P. The van der Waals surface area contributed by atoms with Gasteiger partial charge < -0.3 is 43.2 Å². The largest absolute Gasteiger partial charge is 0.756 e. The molecule has 5 atom stereocenters. The van der Waals surface area contributed by atoms with E-state index in [0.29, 0.717) is 23.9 Å². The van der Waals surface area contributed by atoms with Gasteiger partial charge in [-0.25, -0.2) is 0 Å². The van der Waals surface area contributed by atoms with Gasteiger partial charge in [0.2, 0.25) is 0 Å². The van der Waals surface area contributed by atoms with Gasteiger partial charge in [0, 0.05) is 12.8 Å². The number of hydrogen-bond acceptors (Lipinski definition) is 11. The standard InChI is InChI=1S/C48H78NO11P/c1-6-8-10-11-12-13-14-15-16-17-18-19-20-21-22-27-31-37-48(54)60-44(42-59-61(55,56)58-40-39-49(3,4)5)41-57-47(53)38-32-36-46(52)45(51)35-30-26-24-23-25-29-34-43(50)33-28-9-7-2/h8,10,12-13,15-16,18-19,21-26,29-30,34-35,43-46,50-52H,6-7,9,11,14,17,20,27-28,31-33,36-42H2,1-5H3/b10-8-,13-12-,16-15-,19-18-,22-21-,25-23-,26-24+,34-29+,35-30+/t43-,44-,45-,46-/m1/s1. The number of carbonyl (C=O) groups excluding carboxylic acids is 2. The molecule has 0 bridgehead atoms. The second-order valence-electron chi connectivity index (χ2n) is 15.5. The van der Waals surface area contributed by atoms with E-state index >= 15 is 0 Å². The minimum Gasteiger partial charge on any atom is -0.756 e. The lowest BCUT2D eigenvalue weighted by Gasteiger charge is -2.28. The van der Waals surface area contributed by atoms with E-state index in [2.05, 4.69) is 62.5 Å². The van der Waals surface area contributed by atoms with Crippen molar-refractivity contribution < 1.29 is 57.4 Å². The van der Waals surface area contributed by atoms with E-state index in [9.17, 15) is 34.4 Å². The molecule has 0 aliphatic carbocycles. The summed E-state index contributed by atoms with van der Waals surface area (Å²) in [5, 5.41) is 30.5. The van der Waals surface area contributed by atoms with Crippen molar-refractivity contribution in [1.82, 2.24) is 0 Å². The molecule has 1 unspecified atom stereocenters. The lowest BCUT2D eigenvalue weighted by atomic mass is 10.1. The predicted molar refractivity (Wildman–Crippen MR) is 244 cm³/mol. The first-order valence-electron chi connectivity index (χ1n) is 21.9. The Morgan fingerprint density at radius 3 is 1.80 bits per heavy atom. The highest BCUT2D eigenvalue weighted by Gasteiger charge is 2.22. The van der Waals surface area contributed by atoms with Crippen molar-refractivity contribution in [2.45, 2.75) is 135 Å². The van der Waals surface area contributed by atoms with Gasteiger partial charge in [-0.15, -0.1) is 0 Å². The zero-order valence-electron chi connectivity index (χ0n) is 37.6. The number of aliphatic hydroxyl groups is 3. The van der Waals surface area contributed by atoms with Gasteiger partial charge in [-0.1, -0.05) is 142 Å². The van der Waals surface area contributed by atoms with Crippen LogP contribution in [0.1, 0.15) is 110 Å². The fraction of sp³-hybridized carbons (Fsp3) is 0.583. The number of esters is 2. The summed E-state index contributed by atoms with van der Waals surface area (Å²) >= 11 is 0. The van der Waals surface area contributed by atoms with Crippen LogP contribution in [0, 0.1) is 0 Å². The van der Waals surface area contributed by atoms with Gasteiger partial charge in [0.1, 0.15) is 19.8 Å². The molecule has 0 spiro atoms. The maximum Gasteiger partial charge on any atom is 0.306 e. The molecule has 0 rings (SSSR count). The molecule has 0 aromatic rings. The number of nitrogens with zero attached hydrogens (tertiary/aromatic N) is 1. The molecule has 0 fully saturated rings. The SMILES string of the molecule is CC/C=C\C/C=C\C/C=C\C/C=C\C/C=C\CCCC(=O)O[C@H](COC(=O)CCC[C@@H](O)[C@H](O)/C=C/C=C/C=C\C=C\[C@H](O)CCCCC)COP(=O)([O-])OCC[N+](C)(C)C. The number of hydrogen-bond donors (Lipinski definition) is 3. The molecule has 13 heteroatoms. The second kappa shape index (κ2) is 38.2. The number of likely N-dealkylation sites (N-methyl/N-ethyl adjacent to an activating group) is 1. The molecule has 0 saturated heterocycles. The summed E-state index contributed by atoms with van der Waals surface area (Å²) in [4.78, 5) is 37.6. The van der Waals surface area contributed by atoms with Gasteiger partial charge >= 0.3 is 11.9 Å². The summed E-state index contributed by atoms with van der Waals surface area (Å²) < 4.78 is 33.5. The van der Waals surface area contributed by atoms with E-state index in [1.807, 2.05) is 33.3 Å². The van der Waals surface area contributed by atoms with Gasteiger partial charge in [0.05, 0.1) is 46.1 Å². The first-order valence-corrected chi connectivity index (χ1v) is 23.4. The Morgan fingerprint density at radius 1 is 0.656 bits per heavy atom. The average molecular weight is 876 g/mol. The molecule has 0 saturated carbocycles. The number of carbonyl (C=O) groups is 2. The monoisotopic (exact) mass is 876 g/mol. The fourth-order valence-corrected chi connectivity index (χ4v) is 5.80. The summed E-state index contributed by atoms with van der Waals surface area (Å²) in [5.41, 5.74) is 0. The van der Waals surface area contributed by atoms with Crippen LogP contribution in [0.2, 0.25) is 0 Å². The third-order valence-corrected chi connectivity index (χ3v) is 9.61. The van der Waals surface area contributed by atoms with Crippen LogP contribution in [-0.2, 0) is 32.7 Å². The molecule has 0 heterocycles. The summed E-state index contributed by atoms with van der Waals surface area (Å²) in [7, 11) is 0.918. The Kier molecular flexibility index (Phi) is 36.1. The van der Waals surface area contributed by atoms with E-state index < -0.39 is 57.4 Å². The van der Waals surface area contributed by atoms with E-state index in [4.69, 9.17) is 18.5 Å². The first kappa shape index (κ1) is 57.5. The number of unbranched alkanes of at least 4 members (excludes halogenated alkanes) is 3. The zero-order chi connectivity index (χ0) is 45.5. The van der Waals surface area contributed by atoms with Crippen molar-refractivity contribution in [2.75, 3.05) is 47.5 Å². The topological polar surface area (TPSA) is 172 Å². The van der Waals surface area contributed by atoms with Crippen molar-refractivity contribution in [3.05, 3.63) is 109 Å². The van der Waals surface area contributed by atoms with Crippen molar-refractivity contribution >= 4 is 19.8 Å². The summed E-state index contributed by atoms with van der Waals surface area (Å²) in [6, 6.07) is 0. The van der Waals surface area contributed by atoms with Gasteiger partial charge in [0.15, 0.2) is 6.10 Å². The summed E-state index contributed by atoms with van der Waals surface area (Å²) in [6.45, 7) is 3.50. The minimum absolute atomic E-state index is 0.0660. The van der Waals surface area contributed by atoms with Crippen LogP contribution in [0.4, 0.5) is 0 Å². The van der Waals surface area contributed by atoms with Crippen molar-refractivity contribution in [1.29, 1.82) is 0 Å². The highest BCUT2D eigenvalue weighted by atomic mass is 31.2. The van der Waals surface area contributed by atoms with E-state index in [1.165, 1.54) is 6.08 Å². The summed E-state index contributed by atoms with van der Waals surface area (Å²) in [5.74, 6) is -1.25. The molecule has 0 radical (unpaired) electrons. The number of quaternary nitrogens is 1. The quantitative estimate of drug-likeness (QED) is 0.0136. The van der Waals surface area contributed by atoms with Crippen molar-refractivity contribution in [2.24, 2.45) is 0 Å². The number of ether oxygens (including phenoxy) is 2. The highest BCUT2D eigenvalue weighted by molar-refractivity contribution is 7.45. The molecule has 0 aliphatic heterocycles. The number of aliphatic hydroxyl groups excluding tert-OH is 3. The average Bonchev–Trinajstić information content (AvgIpc) is 3.20. The van der Waals surface area contributed by atoms with Crippen LogP contribution in [0.25, 0.3) is 0 Å². The fourth-order valence-electron chi connectivity index (χ4n) is 5.07. The molecule has 346 valence electrons. The molecule has 0 aliphatic rings. The van der Waals surface area contributed by atoms with E-state index in [-0.39, 0.29) is 32.3 Å². The molecule has 3 N–H and O–H groups in total. The first-order chi connectivity index (χ1) is 29.2. The third-order valence-electron chi connectivity index (χ3n) is 8.64. The number of rotatable bonds is 37. The Balaban J connectivity index is 4.81. The van der Waals surface area contributed by atoms with Gasteiger partial charge in [0.25, 0.3) is 7.82 Å². The van der Waals surface area contributed by atoms with Crippen molar-refractivity contribution in [3.63, 3.8) is 0 Å². The Bertz CT molecular complexity index is 1460. The summed E-state index contributed by atoms with van der Waals surface area (Å²) in [6.07, 6.45) is 40.7. The normalized spacial score (nSPS) is 16.1. The van der Waals surface area contributed by atoms with Crippen molar-refractivity contribution in [3.8, 4) is 0 Å². The zero-order valence-corrected chi connectivity index (χ0v) is 38.5. The van der Waals surface area contributed by atoms with E-state index in [1.54, 1.807) is 42.5 Å². The van der Waals surface area contributed by atoms with Crippen LogP contribution in [-0.4, -0.2) is 104 Å².